The van der Waals surface area contributed by atoms with E-state index in [0.29, 0.717) is 6.42 Å². The van der Waals surface area contributed by atoms with Gasteiger partial charge in [-0.15, -0.1) is 0 Å². The summed E-state index contributed by atoms with van der Waals surface area (Å²) in [6, 6.07) is -0.259. The van der Waals surface area contributed by atoms with Crippen LogP contribution in [-0.4, -0.2) is 25.5 Å². The Morgan fingerprint density at radius 3 is 1.91 bits per heavy atom. The van der Waals surface area contributed by atoms with Crippen molar-refractivity contribution in [1.82, 2.24) is 0 Å². The molecule has 0 bridgehead atoms. The van der Waals surface area contributed by atoms with Gasteiger partial charge in [-0.05, 0) is 13.3 Å². The molecule has 0 unspecified atom stereocenters. The molecule has 2 atom stereocenters. The van der Waals surface area contributed by atoms with Crippen LogP contribution in [0.3, 0.4) is 0 Å². The Bertz CT molecular complexity index is 196. The zero-order valence-corrected chi connectivity index (χ0v) is 8.19. The number of hydrogen-bond acceptors (Lipinski definition) is 3. The molecule has 0 aliphatic rings. The highest BCUT2D eigenvalue weighted by Crippen LogP contribution is 2.09. The van der Waals surface area contributed by atoms with Crippen LogP contribution in [0.15, 0.2) is 0 Å². The van der Waals surface area contributed by atoms with E-state index in [2.05, 4.69) is 0 Å². The molecule has 0 saturated heterocycles. The van der Waals surface area contributed by atoms with Crippen LogP contribution in [0, 0.1) is 0 Å². The molecular formula is C7H17NO2S. The fourth-order valence-electron chi connectivity index (χ4n) is 1.17. The summed E-state index contributed by atoms with van der Waals surface area (Å²) in [4.78, 5) is 0. The molecule has 0 radical (unpaired) electrons. The predicted octanol–water partition coefficient (Wildman–Crippen LogP) is 0.547. The highest BCUT2D eigenvalue weighted by atomic mass is 32.2. The van der Waals surface area contributed by atoms with E-state index in [1.807, 2.05) is 6.92 Å². The van der Waals surface area contributed by atoms with Crippen LogP contribution in [0.5, 0.6) is 0 Å². The zero-order chi connectivity index (χ0) is 9.07. The van der Waals surface area contributed by atoms with Crippen LogP contribution < -0.4 is 5.73 Å². The molecule has 0 aliphatic heterocycles. The molecule has 68 valence electrons. The minimum Gasteiger partial charge on any atom is -0.327 e. The third-order valence-corrected chi connectivity index (χ3v) is 4.34. The van der Waals surface area contributed by atoms with Crippen LogP contribution >= 0.6 is 0 Å². The Kier molecular flexibility index (Phi) is 4.03. The van der Waals surface area contributed by atoms with Gasteiger partial charge in [-0.1, -0.05) is 13.8 Å². The molecule has 0 spiro atoms. The molecule has 0 amide bonds. The molecule has 0 aromatic rings. The highest BCUT2D eigenvalue weighted by molar-refractivity contribution is 7.92. The summed E-state index contributed by atoms with van der Waals surface area (Å²) < 4.78 is 22.6. The molecule has 11 heavy (non-hydrogen) atoms. The van der Waals surface area contributed by atoms with Crippen LogP contribution in [0.1, 0.15) is 27.2 Å². The first kappa shape index (κ1) is 10.9. The van der Waals surface area contributed by atoms with Crippen molar-refractivity contribution in [2.45, 2.75) is 38.5 Å². The minimum atomic E-state index is -2.93. The average Bonchev–Trinajstić information content (AvgIpc) is 1.88. The maximum absolute atomic E-state index is 11.3. The fourth-order valence-corrected chi connectivity index (χ4v) is 2.76. The zero-order valence-electron chi connectivity index (χ0n) is 7.37. The summed E-state index contributed by atoms with van der Waals surface area (Å²) in [7, 11) is -2.93. The second-order valence-corrected chi connectivity index (χ2v) is 5.27. The van der Waals surface area contributed by atoms with Gasteiger partial charge >= 0.3 is 0 Å². The third kappa shape index (κ3) is 2.79. The molecule has 0 heterocycles. The lowest BCUT2D eigenvalue weighted by atomic mass is 10.2. The number of rotatable bonds is 4. The first-order valence-corrected chi connectivity index (χ1v) is 5.64. The second-order valence-electron chi connectivity index (χ2n) is 2.76. The van der Waals surface area contributed by atoms with Gasteiger partial charge in [0.1, 0.15) is 0 Å². The molecule has 0 aromatic carbocycles. The SMILES string of the molecule is CC[C@H]([C@@H](C)N)S(=O)(=O)CC. The van der Waals surface area contributed by atoms with E-state index in [0.717, 1.165) is 0 Å². The number of sulfone groups is 1. The lowest BCUT2D eigenvalue weighted by molar-refractivity contribution is 0.554. The van der Waals surface area contributed by atoms with Crippen molar-refractivity contribution in [1.29, 1.82) is 0 Å². The largest absolute Gasteiger partial charge is 0.327 e. The Balaban J connectivity index is 4.51. The molecule has 0 saturated carbocycles. The summed E-state index contributed by atoms with van der Waals surface area (Å²) in [5, 5.41) is -0.368. The second kappa shape index (κ2) is 4.07. The number of nitrogens with two attached hydrogens (primary N) is 1. The topological polar surface area (TPSA) is 60.2 Å². The maximum Gasteiger partial charge on any atom is 0.154 e. The molecular weight excluding hydrogens is 162 g/mol. The van der Waals surface area contributed by atoms with E-state index in [-0.39, 0.29) is 17.0 Å². The third-order valence-electron chi connectivity index (χ3n) is 1.85. The van der Waals surface area contributed by atoms with Crippen molar-refractivity contribution in [3.05, 3.63) is 0 Å². The quantitative estimate of drug-likeness (QED) is 0.685. The van der Waals surface area contributed by atoms with E-state index >= 15 is 0 Å². The van der Waals surface area contributed by atoms with Crippen molar-refractivity contribution < 1.29 is 8.42 Å². The number of hydrogen-bond donors (Lipinski definition) is 1. The van der Waals surface area contributed by atoms with Crippen LogP contribution in [-0.2, 0) is 9.84 Å². The summed E-state index contributed by atoms with van der Waals surface area (Å²) in [6.45, 7) is 5.24. The lowest BCUT2D eigenvalue weighted by Gasteiger charge is -2.17. The van der Waals surface area contributed by atoms with Crippen molar-refractivity contribution in [2.75, 3.05) is 5.75 Å². The molecule has 0 aromatic heterocycles. The lowest BCUT2D eigenvalue weighted by Crippen LogP contribution is -2.38. The van der Waals surface area contributed by atoms with Gasteiger partial charge in [0.25, 0.3) is 0 Å². The van der Waals surface area contributed by atoms with E-state index in [9.17, 15) is 8.42 Å². The normalized spacial score (nSPS) is 17.8. The fraction of sp³-hybridized carbons (Fsp3) is 1.00. The highest BCUT2D eigenvalue weighted by Gasteiger charge is 2.24. The van der Waals surface area contributed by atoms with Gasteiger partial charge < -0.3 is 5.73 Å². The van der Waals surface area contributed by atoms with Gasteiger partial charge in [-0.25, -0.2) is 8.42 Å². The van der Waals surface area contributed by atoms with Crippen molar-refractivity contribution in [3.63, 3.8) is 0 Å². The van der Waals surface area contributed by atoms with Crippen LogP contribution in [0.25, 0.3) is 0 Å². The van der Waals surface area contributed by atoms with E-state index in [4.69, 9.17) is 5.73 Å². The first-order chi connectivity index (χ1) is 4.95. The average molecular weight is 179 g/mol. The van der Waals surface area contributed by atoms with Gasteiger partial charge in [0.15, 0.2) is 9.84 Å². The summed E-state index contributed by atoms with van der Waals surface area (Å²) in [6.07, 6.45) is 0.605. The first-order valence-electron chi connectivity index (χ1n) is 3.92. The van der Waals surface area contributed by atoms with Crippen molar-refractivity contribution in [2.24, 2.45) is 5.73 Å². The van der Waals surface area contributed by atoms with Gasteiger partial charge in [0.05, 0.1) is 5.25 Å². The summed E-state index contributed by atoms with van der Waals surface area (Å²) in [5.41, 5.74) is 5.53. The van der Waals surface area contributed by atoms with Gasteiger partial charge in [-0.3, -0.25) is 0 Å². The maximum atomic E-state index is 11.3. The molecule has 0 fully saturated rings. The minimum absolute atomic E-state index is 0.188. The van der Waals surface area contributed by atoms with Gasteiger partial charge in [0, 0.05) is 11.8 Å². The predicted molar refractivity (Wildman–Crippen MR) is 47.2 cm³/mol. The molecule has 0 rings (SSSR count). The Morgan fingerprint density at radius 2 is 1.82 bits per heavy atom. The molecule has 2 N–H and O–H groups in total. The standard InChI is InChI=1S/C7H17NO2S/c1-4-7(6(3)8)11(9,10)5-2/h6-7H,4-5,8H2,1-3H3/t6-,7-/m1/s1. The smallest absolute Gasteiger partial charge is 0.154 e. The summed E-state index contributed by atoms with van der Waals surface area (Å²) >= 11 is 0. The Morgan fingerprint density at radius 1 is 1.36 bits per heavy atom. The van der Waals surface area contributed by atoms with E-state index in [1.54, 1.807) is 13.8 Å². The van der Waals surface area contributed by atoms with Crippen LogP contribution in [0.4, 0.5) is 0 Å². The van der Waals surface area contributed by atoms with Crippen molar-refractivity contribution in [3.8, 4) is 0 Å². The molecule has 0 aliphatic carbocycles. The molecule has 4 heteroatoms. The van der Waals surface area contributed by atoms with Crippen LogP contribution in [0.2, 0.25) is 0 Å². The Labute approximate surface area is 68.9 Å². The van der Waals surface area contributed by atoms with Gasteiger partial charge in [0.2, 0.25) is 0 Å². The molecule has 3 nitrogen and oxygen atoms in total. The Hall–Kier alpha value is -0.0900. The van der Waals surface area contributed by atoms with Crippen molar-refractivity contribution >= 4 is 9.84 Å². The summed E-state index contributed by atoms with van der Waals surface area (Å²) in [5.74, 6) is 0.188. The monoisotopic (exact) mass is 179 g/mol. The van der Waals surface area contributed by atoms with E-state index < -0.39 is 9.84 Å². The van der Waals surface area contributed by atoms with E-state index in [1.165, 1.54) is 0 Å². The van der Waals surface area contributed by atoms with Gasteiger partial charge in [-0.2, -0.15) is 0 Å².